The van der Waals surface area contributed by atoms with Crippen LogP contribution in [0.1, 0.15) is 0 Å². The summed E-state index contributed by atoms with van der Waals surface area (Å²) in [4.78, 5) is 2.09. The quantitative estimate of drug-likeness (QED) is 0.562. The molecule has 0 amide bonds. The van der Waals surface area contributed by atoms with E-state index in [0.29, 0.717) is 0 Å². The molecule has 0 saturated heterocycles. The molecule has 0 aromatic rings. The Morgan fingerprint density at radius 3 is 1.83 bits per heavy atom. The van der Waals surface area contributed by atoms with E-state index in [1.165, 1.54) is 0 Å². The Morgan fingerprint density at radius 1 is 1.08 bits per heavy atom. The van der Waals surface area contributed by atoms with E-state index < -0.39 is 0 Å². The highest BCUT2D eigenvalue weighted by Gasteiger charge is 1.98. The highest BCUT2D eigenvalue weighted by Crippen LogP contribution is 2.08. The van der Waals surface area contributed by atoms with Crippen LogP contribution in [-0.2, 0) is 0 Å². The number of allylic oxidation sites excluding steroid dienone is 3. The fraction of sp³-hybridized carbons (Fsp3) is 0.273. The van der Waals surface area contributed by atoms with Crippen LogP contribution in [-0.4, -0.2) is 25.5 Å². The molecule has 1 nitrogen and oxygen atoms in total. The third kappa shape index (κ3) is 3.35. The number of likely N-dealkylation sites (N-methyl/N-ethyl adjacent to an activating group) is 1. The molecule has 0 unspecified atom stereocenters. The maximum Gasteiger partial charge on any atom is 0.0233 e. The number of nitrogens with zero attached hydrogens (tertiary/aromatic N) is 1. The van der Waals surface area contributed by atoms with E-state index >= 15 is 0 Å². The molecule has 0 aliphatic heterocycles. The standard InChI is InChI=1S/C11H17N/c1-6-10(7-2)11(8-3)9-12(4)5/h6-8H,1-3,9H2,4-5H3. The maximum absolute atomic E-state index is 3.75. The van der Waals surface area contributed by atoms with Crippen LogP contribution < -0.4 is 0 Å². The molecule has 0 spiro atoms. The highest BCUT2D eigenvalue weighted by atomic mass is 15.0. The van der Waals surface area contributed by atoms with Gasteiger partial charge < -0.3 is 4.90 Å². The lowest BCUT2D eigenvalue weighted by Gasteiger charge is -2.11. The van der Waals surface area contributed by atoms with E-state index in [2.05, 4.69) is 24.6 Å². The summed E-state index contributed by atoms with van der Waals surface area (Å²) in [7, 11) is 4.04. The number of hydrogen-bond acceptors (Lipinski definition) is 1. The first-order valence-electron chi connectivity index (χ1n) is 3.90. The number of rotatable bonds is 5. The molecule has 0 aliphatic carbocycles. The van der Waals surface area contributed by atoms with Gasteiger partial charge in [-0.25, -0.2) is 0 Å². The average Bonchev–Trinajstić information content (AvgIpc) is 2.04. The van der Waals surface area contributed by atoms with Crippen molar-refractivity contribution in [3.05, 3.63) is 49.1 Å². The molecule has 0 atom stereocenters. The van der Waals surface area contributed by atoms with Crippen LogP contribution in [0.5, 0.6) is 0 Å². The van der Waals surface area contributed by atoms with Crippen LogP contribution in [0.2, 0.25) is 0 Å². The Balaban J connectivity index is 4.68. The van der Waals surface area contributed by atoms with E-state index in [4.69, 9.17) is 0 Å². The monoisotopic (exact) mass is 163 g/mol. The van der Waals surface area contributed by atoms with Crippen molar-refractivity contribution in [1.82, 2.24) is 4.90 Å². The predicted octanol–water partition coefficient (Wildman–Crippen LogP) is 2.40. The summed E-state index contributed by atoms with van der Waals surface area (Å²) in [5, 5.41) is 0. The first-order chi connectivity index (χ1) is 5.65. The van der Waals surface area contributed by atoms with Gasteiger partial charge in [0, 0.05) is 6.54 Å². The van der Waals surface area contributed by atoms with Crippen molar-refractivity contribution in [1.29, 1.82) is 0 Å². The molecular formula is C11H17N. The maximum atomic E-state index is 3.75. The van der Waals surface area contributed by atoms with Gasteiger partial charge in [0.05, 0.1) is 0 Å². The zero-order chi connectivity index (χ0) is 9.56. The van der Waals surface area contributed by atoms with Crippen molar-refractivity contribution in [3.63, 3.8) is 0 Å². The summed E-state index contributed by atoms with van der Waals surface area (Å²) < 4.78 is 0. The van der Waals surface area contributed by atoms with Crippen molar-refractivity contribution in [2.45, 2.75) is 0 Å². The molecule has 66 valence electrons. The Hall–Kier alpha value is -1.08. The van der Waals surface area contributed by atoms with Gasteiger partial charge in [0.25, 0.3) is 0 Å². The van der Waals surface area contributed by atoms with Crippen LogP contribution in [0.3, 0.4) is 0 Å². The Kier molecular flexibility index (Phi) is 5.06. The molecule has 0 rings (SSSR count). The lowest BCUT2D eigenvalue weighted by molar-refractivity contribution is 0.448. The molecule has 0 radical (unpaired) electrons. The Bertz CT molecular complexity index is 199. The van der Waals surface area contributed by atoms with Crippen LogP contribution in [0.15, 0.2) is 49.1 Å². The lowest BCUT2D eigenvalue weighted by Crippen LogP contribution is -2.15. The molecule has 12 heavy (non-hydrogen) atoms. The van der Waals surface area contributed by atoms with Gasteiger partial charge in [0.15, 0.2) is 0 Å². The minimum Gasteiger partial charge on any atom is -0.305 e. The van der Waals surface area contributed by atoms with Crippen LogP contribution in [0.25, 0.3) is 0 Å². The summed E-state index contributed by atoms with van der Waals surface area (Å²) in [6.07, 6.45) is 5.44. The average molecular weight is 163 g/mol. The molecule has 0 aliphatic rings. The van der Waals surface area contributed by atoms with Gasteiger partial charge in [0.2, 0.25) is 0 Å². The van der Waals surface area contributed by atoms with E-state index in [1.54, 1.807) is 12.2 Å². The molecule has 0 N–H and O–H groups in total. The molecule has 0 aromatic heterocycles. The predicted molar refractivity (Wildman–Crippen MR) is 56.2 cm³/mol. The second kappa shape index (κ2) is 5.56. The molecule has 0 aromatic carbocycles. The summed E-state index contributed by atoms with van der Waals surface area (Å²) in [6.45, 7) is 12.0. The number of hydrogen-bond donors (Lipinski definition) is 0. The summed E-state index contributed by atoms with van der Waals surface area (Å²) in [6, 6.07) is 0. The normalized spacial score (nSPS) is 9.25. The highest BCUT2D eigenvalue weighted by molar-refractivity contribution is 5.39. The van der Waals surface area contributed by atoms with Gasteiger partial charge in [-0.05, 0) is 25.2 Å². The SMILES string of the molecule is C=CC(C=C)=C(C=C)CN(C)C. The van der Waals surface area contributed by atoms with Crippen molar-refractivity contribution in [3.8, 4) is 0 Å². The third-order valence-electron chi connectivity index (χ3n) is 1.54. The van der Waals surface area contributed by atoms with Crippen molar-refractivity contribution < 1.29 is 0 Å². The Labute approximate surface area is 75.4 Å². The van der Waals surface area contributed by atoms with E-state index in [1.807, 2.05) is 20.2 Å². The lowest BCUT2D eigenvalue weighted by atomic mass is 10.1. The Morgan fingerprint density at radius 2 is 1.58 bits per heavy atom. The zero-order valence-corrected chi connectivity index (χ0v) is 8.01. The van der Waals surface area contributed by atoms with Gasteiger partial charge in [-0.15, -0.1) is 0 Å². The molecule has 0 heterocycles. The van der Waals surface area contributed by atoms with Gasteiger partial charge in [0.1, 0.15) is 0 Å². The van der Waals surface area contributed by atoms with Crippen LogP contribution in [0.4, 0.5) is 0 Å². The first-order valence-corrected chi connectivity index (χ1v) is 3.90. The van der Waals surface area contributed by atoms with E-state index in [0.717, 1.165) is 17.7 Å². The molecule has 0 saturated carbocycles. The summed E-state index contributed by atoms with van der Waals surface area (Å²) in [5.74, 6) is 0. The van der Waals surface area contributed by atoms with E-state index in [-0.39, 0.29) is 0 Å². The minimum absolute atomic E-state index is 0.872. The third-order valence-corrected chi connectivity index (χ3v) is 1.54. The van der Waals surface area contributed by atoms with Crippen molar-refractivity contribution in [2.24, 2.45) is 0 Å². The fourth-order valence-corrected chi connectivity index (χ4v) is 0.960. The van der Waals surface area contributed by atoms with Crippen molar-refractivity contribution >= 4 is 0 Å². The van der Waals surface area contributed by atoms with Crippen molar-refractivity contribution in [2.75, 3.05) is 20.6 Å². The van der Waals surface area contributed by atoms with Crippen LogP contribution in [0, 0.1) is 0 Å². The molecule has 0 bridgehead atoms. The fourth-order valence-electron chi connectivity index (χ4n) is 0.960. The second-order valence-corrected chi connectivity index (χ2v) is 2.83. The smallest absolute Gasteiger partial charge is 0.0233 e. The topological polar surface area (TPSA) is 3.24 Å². The minimum atomic E-state index is 0.872. The van der Waals surface area contributed by atoms with Gasteiger partial charge in [-0.3, -0.25) is 0 Å². The molecule has 0 fully saturated rings. The first kappa shape index (κ1) is 10.9. The summed E-state index contributed by atoms with van der Waals surface area (Å²) >= 11 is 0. The largest absolute Gasteiger partial charge is 0.305 e. The van der Waals surface area contributed by atoms with E-state index in [9.17, 15) is 0 Å². The van der Waals surface area contributed by atoms with Crippen LogP contribution >= 0.6 is 0 Å². The molecular weight excluding hydrogens is 146 g/mol. The zero-order valence-electron chi connectivity index (χ0n) is 8.01. The van der Waals surface area contributed by atoms with Gasteiger partial charge in [-0.1, -0.05) is 38.0 Å². The second-order valence-electron chi connectivity index (χ2n) is 2.83. The molecule has 1 heteroatoms. The van der Waals surface area contributed by atoms with Gasteiger partial charge >= 0.3 is 0 Å². The summed E-state index contributed by atoms with van der Waals surface area (Å²) in [5.41, 5.74) is 2.21. The van der Waals surface area contributed by atoms with Gasteiger partial charge in [-0.2, -0.15) is 0 Å².